The highest BCUT2D eigenvalue weighted by atomic mass is 16.5. The molecule has 1 unspecified atom stereocenters. The number of nitrogens with one attached hydrogen (secondary N) is 1. The summed E-state index contributed by atoms with van der Waals surface area (Å²) in [6.07, 6.45) is 0. The fourth-order valence-electron chi connectivity index (χ4n) is 1.02. The van der Waals surface area contributed by atoms with Crippen molar-refractivity contribution in [3.63, 3.8) is 0 Å². The molecule has 0 fully saturated rings. The highest BCUT2D eigenvalue weighted by molar-refractivity contribution is 5.86. The first-order valence-corrected chi connectivity index (χ1v) is 5.66. The van der Waals surface area contributed by atoms with E-state index in [0.717, 1.165) is 5.69 Å². The van der Waals surface area contributed by atoms with E-state index < -0.39 is 12.0 Å². The Morgan fingerprint density at radius 1 is 1.32 bits per heavy atom. The van der Waals surface area contributed by atoms with Crippen LogP contribution in [-0.4, -0.2) is 30.2 Å². The number of hydrogen-bond donors (Lipinski definition) is 2. The van der Waals surface area contributed by atoms with Gasteiger partial charge in [-0.25, -0.2) is 4.79 Å². The zero-order valence-corrected chi connectivity index (χ0v) is 11.3. The number of anilines is 1. The second kappa shape index (κ2) is 8.74. The number of para-hydroxylation sites is 1. The molecule has 104 valence electrons. The van der Waals surface area contributed by atoms with Gasteiger partial charge in [-0.05, 0) is 26.0 Å². The van der Waals surface area contributed by atoms with Crippen LogP contribution in [0.25, 0.3) is 0 Å². The second-order valence-corrected chi connectivity index (χ2v) is 3.84. The molecule has 5 nitrogen and oxygen atoms in total. The molecule has 0 aromatic heterocycles. The number of benzene rings is 1. The first kappa shape index (κ1) is 16.7. The van der Waals surface area contributed by atoms with Gasteiger partial charge >= 0.3 is 11.9 Å². The largest absolute Gasteiger partial charge is 0.480 e. The Labute approximate surface area is 112 Å². The Morgan fingerprint density at radius 3 is 2.16 bits per heavy atom. The van der Waals surface area contributed by atoms with Crippen LogP contribution in [-0.2, 0) is 14.3 Å². The summed E-state index contributed by atoms with van der Waals surface area (Å²) in [5, 5.41) is 11.4. The molecule has 1 atom stereocenters. The number of carbonyl (C=O) groups is 2. The van der Waals surface area contributed by atoms with E-state index in [-0.39, 0.29) is 5.97 Å². The van der Waals surface area contributed by atoms with Crippen LogP contribution in [0.2, 0.25) is 0 Å². The third-order valence-corrected chi connectivity index (χ3v) is 2.06. The fourth-order valence-corrected chi connectivity index (χ4v) is 1.02. The summed E-state index contributed by atoms with van der Waals surface area (Å²) < 4.78 is 4.27. The normalized spacial score (nSPS) is 10.5. The molecule has 1 aromatic rings. The van der Waals surface area contributed by atoms with Crippen molar-refractivity contribution in [1.29, 1.82) is 0 Å². The molecule has 5 heteroatoms. The van der Waals surface area contributed by atoms with Crippen molar-refractivity contribution in [2.45, 2.75) is 19.9 Å². The van der Waals surface area contributed by atoms with Crippen molar-refractivity contribution in [2.75, 3.05) is 12.4 Å². The van der Waals surface area contributed by atoms with Gasteiger partial charge < -0.3 is 15.2 Å². The average Bonchev–Trinajstić information content (AvgIpc) is 2.39. The summed E-state index contributed by atoms with van der Waals surface area (Å²) in [7, 11) is 1.33. The molecular formula is C14H19NO4. The van der Waals surface area contributed by atoms with Gasteiger partial charge in [0, 0.05) is 11.3 Å². The number of esters is 1. The summed E-state index contributed by atoms with van der Waals surface area (Å²) in [5.41, 5.74) is 1.26. The average molecular weight is 265 g/mol. The van der Waals surface area contributed by atoms with Crippen LogP contribution in [0, 0.1) is 0 Å². The third kappa shape index (κ3) is 7.59. The highest BCUT2D eigenvalue weighted by Gasteiger charge is 2.08. The number of carboxylic acids is 1. The Kier molecular flexibility index (Phi) is 7.68. The number of ether oxygens (including phenoxy) is 1. The Morgan fingerprint density at radius 2 is 1.84 bits per heavy atom. The van der Waals surface area contributed by atoms with Crippen LogP contribution in [0.4, 0.5) is 5.69 Å². The van der Waals surface area contributed by atoms with Crippen LogP contribution in [0.1, 0.15) is 13.8 Å². The predicted molar refractivity (Wildman–Crippen MR) is 74.0 cm³/mol. The Balaban J connectivity index is 0.000000399. The summed E-state index contributed by atoms with van der Waals surface area (Å²) >= 11 is 0. The SMILES string of the molecule is C=C(C)C(=O)OC.CC(Nc1ccccc1)C(=O)O. The highest BCUT2D eigenvalue weighted by Crippen LogP contribution is 2.06. The zero-order chi connectivity index (χ0) is 14.8. The van der Waals surface area contributed by atoms with Crippen LogP contribution < -0.4 is 5.32 Å². The molecule has 1 aromatic carbocycles. The number of carbonyl (C=O) groups excluding carboxylic acids is 1. The molecule has 19 heavy (non-hydrogen) atoms. The standard InChI is InChI=1S/C9H11NO2.C5H8O2/c1-7(9(11)12)10-8-5-3-2-4-6-8;1-4(2)5(6)7-3/h2-7,10H,1H3,(H,11,12);1H2,2-3H3. The lowest BCUT2D eigenvalue weighted by Gasteiger charge is -2.09. The van der Waals surface area contributed by atoms with Crippen LogP contribution in [0.3, 0.4) is 0 Å². The summed E-state index contributed by atoms with van der Waals surface area (Å²) in [5.74, 6) is -1.20. The smallest absolute Gasteiger partial charge is 0.332 e. The van der Waals surface area contributed by atoms with Gasteiger partial charge in [-0.15, -0.1) is 0 Å². The molecule has 0 aliphatic heterocycles. The van der Waals surface area contributed by atoms with E-state index in [4.69, 9.17) is 5.11 Å². The van der Waals surface area contributed by atoms with Gasteiger partial charge in [0.2, 0.25) is 0 Å². The van der Waals surface area contributed by atoms with Crippen molar-refractivity contribution in [1.82, 2.24) is 0 Å². The number of methoxy groups -OCH3 is 1. The van der Waals surface area contributed by atoms with Crippen LogP contribution >= 0.6 is 0 Å². The third-order valence-electron chi connectivity index (χ3n) is 2.06. The van der Waals surface area contributed by atoms with Crippen molar-refractivity contribution >= 4 is 17.6 Å². The van der Waals surface area contributed by atoms with E-state index in [1.807, 2.05) is 30.3 Å². The van der Waals surface area contributed by atoms with E-state index in [2.05, 4.69) is 16.6 Å². The maximum absolute atomic E-state index is 10.4. The van der Waals surface area contributed by atoms with Crippen molar-refractivity contribution in [2.24, 2.45) is 0 Å². The monoisotopic (exact) mass is 265 g/mol. The minimum atomic E-state index is -0.848. The van der Waals surface area contributed by atoms with Crippen molar-refractivity contribution in [3.05, 3.63) is 42.5 Å². The lowest BCUT2D eigenvalue weighted by molar-refractivity contribution is -0.137. The number of aliphatic carboxylic acids is 1. The van der Waals surface area contributed by atoms with Gasteiger partial charge in [0.1, 0.15) is 6.04 Å². The molecule has 0 aliphatic carbocycles. The van der Waals surface area contributed by atoms with Gasteiger partial charge in [0.05, 0.1) is 7.11 Å². The summed E-state index contributed by atoms with van der Waals surface area (Å²) in [6.45, 7) is 6.56. The second-order valence-electron chi connectivity index (χ2n) is 3.84. The molecule has 0 bridgehead atoms. The van der Waals surface area contributed by atoms with E-state index in [1.165, 1.54) is 7.11 Å². The van der Waals surface area contributed by atoms with E-state index >= 15 is 0 Å². The quantitative estimate of drug-likeness (QED) is 0.645. The predicted octanol–water partition coefficient (Wildman–Crippen LogP) is 2.31. The van der Waals surface area contributed by atoms with Gasteiger partial charge in [-0.2, -0.15) is 0 Å². The van der Waals surface area contributed by atoms with E-state index in [9.17, 15) is 9.59 Å². The summed E-state index contributed by atoms with van der Waals surface area (Å²) in [4.78, 5) is 20.6. The Bertz CT molecular complexity index is 428. The lowest BCUT2D eigenvalue weighted by Crippen LogP contribution is -2.25. The molecule has 2 N–H and O–H groups in total. The Hall–Kier alpha value is -2.30. The molecule has 1 rings (SSSR count). The lowest BCUT2D eigenvalue weighted by atomic mass is 10.3. The number of hydrogen-bond acceptors (Lipinski definition) is 4. The fraction of sp³-hybridized carbons (Fsp3) is 0.286. The minimum absolute atomic E-state index is 0.347. The topological polar surface area (TPSA) is 75.6 Å². The van der Waals surface area contributed by atoms with Crippen LogP contribution in [0.5, 0.6) is 0 Å². The van der Waals surface area contributed by atoms with Gasteiger partial charge in [-0.3, -0.25) is 4.79 Å². The molecule has 0 spiro atoms. The van der Waals surface area contributed by atoms with Gasteiger partial charge in [0.25, 0.3) is 0 Å². The first-order valence-electron chi connectivity index (χ1n) is 5.66. The molecule has 0 aliphatic rings. The van der Waals surface area contributed by atoms with Gasteiger partial charge in [0.15, 0.2) is 0 Å². The maximum Gasteiger partial charge on any atom is 0.332 e. The molecule has 0 amide bonds. The number of rotatable bonds is 4. The zero-order valence-electron chi connectivity index (χ0n) is 11.3. The van der Waals surface area contributed by atoms with Gasteiger partial charge in [-0.1, -0.05) is 24.8 Å². The van der Waals surface area contributed by atoms with E-state index in [1.54, 1.807) is 13.8 Å². The molecule has 0 heterocycles. The van der Waals surface area contributed by atoms with Crippen molar-refractivity contribution in [3.8, 4) is 0 Å². The number of carboxylic acid groups (broad SMARTS) is 1. The maximum atomic E-state index is 10.4. The first-order chi connectivity index (χ1) is 8.88. The summed E-state index contributed by atoms with van der Waals surface area (Å²) in [6, 6.07) is 8.72. The molecule has 0 radical (unpaired) electrons. The molecule has 0 saturated carbocycles. The minimum Gasteiger partial charge on any atom is -0.480 e. The molecular weight excluding hydrogens is 246 g/mol. The van der Waals surface area contributed by atoms with E-state index in [0.29, 0.717) is 5.57 Å². The van der Waals surface area contributed by atoms with Crippen molar-refractivity contribution < 1.29 is 19.4 Å². The van der Waals surface area contributed by atoms with Crippen LogP contribution in [0.15, 0.2) is 42.5 Å². The molecule has 0 saturated heterocycles.